The molecule has 0 bridgehead atoms. The molecule has 1 spiro atoms. The van der Waals surface area contributed by atoms with E-state index in [1.807, 2.05) is 9.80 Å². The number of carbonyl (C=O) groups excluding carboxylic acids is 2. The second-order valence-corrected chi connectivity index (χ2v) is 7.59. The minimum atomic E-state index is -0.0609. The van der Waals surface area contributed by atoms with Gasteiger partial charge in [0.1, 0.15) is 12.9 Å². The molecule has 0 aromatic carbocycles. The van der Waals surface area contributed by atoms with Crippen LogP contribution in [0, 0.1) is 11.3 Å². The van der Waals surface area contributed by atoms with Gasteiger partial charge in [-0.2, -0.15) is 0 Å². The average molecular weight is 347 g/mol. The lowest BCUT2D eigenvalue weighted by Crippen LogP contribution is -2.46. The summed E-state index contributed by atoms with van der Waals surface area (Å²) >= 11 is 0. The monoisotopic (exact) mass is 347 g/mol. The minimum Gasteiger partial charge on any atom is -0.449 e. The van der Waals surface area contributed by atoms with Gasteiger partial charge in [-0.3, -0.25) is 9.59 Å². The van der Waals surface area contributed by atoms with Gasteiger partial charge in [0.15, 0.2) is 5.89 Å². The number of amides is 2. The van der Waals surface area contributed by atoms with E-state index in [2.05, 4.69) is 4.98 Å². The van der Waals surface area contributed by atoms with Crippen LogP contribution in [0.3, 0.4) is 0 Å². The number of piperidine rings is 1. The van der Waals surface area contributed by atoms with Crippen LogP contribution in [0.2, 0.25) is 0 Å². The first-order chi connectivity index (χ1) is 12.1. The first-order valence-electron chi connectivity index (χ1n) is 9.08. The van der Waals surface area contributed by atoms with E-state index in [0.717, 1.165) is 38.8 Å². The third-order valence-corrected chi connectivity index (χ3v) is 6.02. The van der Waals surface area contributed by atoms with Crippen molar-refractivity contribution in [3.05, 3.63) is 18.4 Å². The van der Waals surface area contributed by atoms with Gasteiger partial charge >= 0.3 is 0 Å². The summed E-state index contributed by atoms with van der Waals surface area (Å²) in [5.41, 5.74) is -0.0609. The number of hydrogen-bond donors (Lipinski definition) is 0. The van der Waals surface area contributed by atoms with Crippen LogP contribution in [0.1, 0.15) is 37.5 Å². The highest BCUT2D eigenvalue weighted by Crippen LogP contribution is 2.49. The zero-order chi connectivity index (χ0) is 17.4. The fraction of sp³-hybridized carbons (Fsp3) is 0.722. The number of aromatic nitrogens is 1. The summed E-state index contributed by atoms with van der Waals surface area (Å²) in [5, 5.41) is 0. The second-order valence-electron chi connectivity index (χ2n) is 7.59. The summed E-state index contributed by atoms with van der Waals surface area (Å²) in [6.07, 6.45) is 7.10. The highest BCUT2D eigenvalue weighted by atomic mass is 16.5. The molecule has 1 aliphatic carbocycles. The molecule has 0 radical (unpaired) electrons. The topological polar surface area (TPSA) is 75.9 Å². The molecule has 25 heavy (non-hydrogen) atoms. The third kappa shape index (κ3) is 3.05. The Kier molecular flexibility index (Phi) is 4.27. The number of rotatable bonds is 4. The van der Waals surface area contributed by atoms with Crippen molar-refractivity contribution in [2.45, 2.75) is 31.6 Å². The first kappa shape index (κ1) is 16.6. The summed E-state index contributed by atoms with van der Waals surface area (Å²) in [6, 6.07) is 0. The zero-order valence-electron chi connectivity index (χ0n) is 14.6. The Morgan fingerprint density at radius 1 is 1.32 bits per heavy atom. The molecule has 1 atom stereocenters. The molecule has 0 N–H and O–H groups in total. The first-order valence-corrected chi connectivity index (χ1v) is 9.08. The number of hydrogen-bond acceptors (Lipinski definition) is 5. The lowest BCUT2D eigenvalue weighted by Gasteiger charge is -2.41. The molecule has 7 heteroatoms. The SMILES string of the molecule is COCC(=O)N1CC(c2ncco2)C2(CCN(C(=O)C3CC3)CC2)C1. The van der Waals surface area contributed by atoms with Crippen molar-refractivity contribution in [2.24, 2.45) is 11.3 Å². The smallest absolute Gasteiger partial charge is 0.248 e. The Bertz CT molecular complexity index is 633. The molecule has 3 fully saturated rings. The van der Waals surface area contributed by atoms with Gasteiger partial charge < -0.3 is 19.0 Å². The molecule has 1 saturated carbocycles. The van der Waals surface area contributed by atoms with Gasteiger partial charge in [0.25, 0.3) is 0 Å². The van der Waals surface area contributed by atoms with Crippen molar-refractivity contribution >= 4 is 11.8 Å². The van der Waals surface area contributed by atoms with Crippen molar-refractivity contribution < 1.29 is 18.7 Å². The van der Waals surface area contributed by atoms with Gasteiger partial charge in [0.2, 0.25) is 11.8 Å². The van der Waals surface area contributed by atoms with E-state index in [1.165, 1.54) is 7.11 Å². The molecule has 136 valence electrons. The van der Waals surface area contributed by atoms with Crippen LogP contribution in [0.25, 0.3) is 0 Å². The highest BCUT2D eigenvalue weighted by molar-refractivity contribution is 5.81. The Morgan fingerprint density at radius 2 is 2.08 bits per heavy atom. The molecular formula is C18H25N3O4. The Hall–Kier alpha value is -1.89. The molecule has 4 rings (SSSR count). The van der Waals surface area contributed by atoms with E-state index in [1.54, 1.807) is 12.5 Å². The van der Waals surface area contributed by atoms with Gasteiger partial charge in [0, 0.05) is 44.6 Å². The normalized spacial score (nSPS) is 25.6. The van der Waals surface area contributed by atoms with Crippen LogP contribution in [0.4, 0.5) is 0 Å². The minimum absolute atomic E-state index is 0.00687. The molecule has 2 aliphatic heterocycles. The maximum atomic E-state index is 12.3. The predicted molar refractivity (Wildman–Crippen MR) is 88.7 cm³/mol. The summed E-state index contributed by atoms with van der Waals surface area (Å²) in [6.45, 7) is 2.92. The summed E-state index contributed by atoms with van der Waals surface area (Å²) in [7, 11) is 1.54. The number of likely N-dealkylation sites (tertiary alicyclic amines) is 2. The third-order valence-electron chi connectivity index (χ3n) is 6.02. The Labute approximate surface area is 147 Å². The molecule has 2 saturated heterocycles. The molecule has 1 aromatic heterocycles. The maximum Gasteiger partial charge on any atom is 0.248 e. The van der Waals surface area contributed by atoms with Crippen molar-refractivity contribution in [3.8, 4) is 0 Å². The molecule has 7 nitrogen and oxygen atoms in total. The van der Waals surface area contributed by atoms with Gasteiger partial charge in [-0.25, -0.2) is 4.98 Å². The quantitative estimate of drug-likeness (QED) is 0.820. The van der Waals surface area contributed by atoms with Crippen molar-refractivity contribution in [1.29, 1.82) is 0 Å². The van der Waals surface area contributed by atoms with Crippen molar-refractivity contribution in [3.63, 3.8) is 0 Å². The van der Waals surface area contributed by atoms with Crippen LogP contribution in [-0.4, -0.2) is 66.5 Å². The Balaban J connectivity index is 1.51. The van der Waals surface area contributed by atoms with Crippen LogP contribution in [0.5, 0.6) is 0 Å². The number of ether oxygens (including phenoxy) is 1. The van der Waals surface area contributed by atoms with Gasteiger partial charge in [-0.15, -0.1) is 0 Å². The van der Waals surface area contributed by atoms with E-state index in [0.29, 0.717) is 24.9 Å². The lowest BCUT2D eigenvalue weighted by molar-refractivity contribution is -0.137. The highest BCUT2D eigenvalue weighted by Gasteiger charge is 2.52. The van der Waals surface area contributed by atoms with E-state index < -0.39 is 0 Å². The molecule has 3 aliphatic rings. The molecule has 2 amide bonds. The number of carbonyl (C=O) groups is 2. The molecule has 1 unspecified atom stereocenters. The Morgan fingerprint density at radius 3 is 2.68 bits per heavy atom. The second kappa shape index (κ2) is 6.44. The van der Waals surface area contributed by atoms with E-state index in [9.17, 15) is 9.59 Å². The van der Waals surface area contributed by atoms with Gasteiger partial charge in [0.05, 0.1) is 12.1 Å². The lowest BCUT2D eigenvalue weighted by atomic mass is 9.70. The number of oxazole rings is 1. The molecular weight excluding hydrogens is 322 g/mol. The van der Waals surface area contributed by atoms with Crippen molar-refractivity contribution in [1.82, 2.24) is 14.8 Å². The number of nitrogens with zero attached hydrogens (tertiary/aromatic N) is 3. The molecule has 1 aromatic rings. The van der Waals surface area contributed by atoms with E-state index >= 15 is 0 Å². The number of methoxy groups -OCH3 is 1. The van der Waals surface area contributed by atoms with Crippen LogP contribution in [-0.2, 0) is 14.3 Å². The van der Waals surface area contributed by atoms with Crippen LogP contribution < -0.4 is 0 Å². The van der Waals surface area contributed by atoms with E-state index in [-0.39, 0.29) is 29.8 Å². The summed E-state index contributed by atoms with van der Waals surface area (Å²) < 4.78 is 10.6. The fourth-order valence-corrected chi connectivity index (χ4v) is 4.39. The van der Waals surface area contributed by atoms with Gasteiger partial charge in [-0.1, -0.05) is 0 Å². The van der Waals surface area contributed by atoms with Gasteiger partial charge in [-0.05, 0) is 25.7 Å². The molecule has 3 heterocycles. The van der Waals surface area contributed by atoms with Crippen LogP contribution >= 0.6 is 0 Å². The predicted octanol–water partition coefficient (Wildman–Crippen LogP) is 1.27. The fourth-order valence-electron chi connectivity index (χ4n) is 4.39. The average Bonchev–Trinajstić information content (AvgIpc) is 3.20. The summed E-state index contributed by atoms with van der Waals surface area (Å²) in [5.74, 6) is 1.37. The van der Waals surface area contributed by atoms with Crippen LogP contribution in [0.15, 0.2) is 16.9 Å². The van der Waals surface area contributed by atoms with E-state index in [4.69, 9.17) is 9.15 Å². The largest absolute Gasteiger partial charge is 0.449 e. The maximum absolute atomic E-state index is 12.3. The standard InChI is InChI=1S/C18H25N3O4/c1-24-11-15(22)21-10-14(16-19-6-9-25-16)18(12-21)4-7-20(8-5-18)17(23)13-2-3-13/h6,9,13-14H,2-5,7-8,10-12H2,1H3. The summed E-state index contributed by atoms with van der Waals surface area (Å²) in [4.78, 5) is 32.9. The zero-order valence-corrected chi connectivity index (χ0v) is 14.6. The van der Waals surface area contributed by atoms with Crippen molar-refractivity contribution in [2.75, 3.05) is 39.9 Å².